The van der Waals surface area contributed by atoms with E-state index in [2.05, 4.69) is 0 Å². The fraction of sp³-hybridized carbons (Fsp3) is 0.472. The minimum Gasteiger partial charge on any atom is -0.394 e. The molecular weight excluding hydrogens is 554 g/mol. The lowest BCUT2D eigenvalue weighted by Crippen LogP contribution is -2.60. The zero-order chi connectivity index (χ0) is 30.5. The van der Waals surface area contributed by atoms with Crippen LogP contribution >= 0.6 is 0 Å². The summed E-state index contributed by atoms with van der Waals surface area (Å²) in [6, 6.07) is 17.6. The van der Waals surface area contributed by atoms with Gasteiger partial charge in [-0.05, 0) is 43.9 Å². The van der Waals surface area contributed by atoms with Gasteiger partial charge in [-0.25, -0.2) is 0 Å². The minimum atomic E-state index is -1.35. The number of carbonyl (C=O) groups excluding carboxylic acids is 3. The third kappa shape index (κ3) is 4.53. The Morgan fingerprint density at radius 1 is 0.841 bits per heavy atom. The van der Waals surface area contributed by atoms with Crippen LogP contribution in [0.15, 0.2) is 85.0 Å². The van der Waals surface area contributed by atoms with Crippen LogP contribution in [-0.4, -0.2) is 81.7 Å². The van der Waals surface area contributed by atoms with Gasteiger partial charge < -0.3 is 24.5 Å². The van der Waals surface area contributed by atoms with Crippen molar-refractivity contribution in [2.75, 3.05) is 24.6 Å². The normalized spacial score (nSPS) is 32.7. The topological polar surface area (TPSA) is 90.4 Å². The molecule has 1 spiro atoms. The fourth-order valence-electron chi connectivity index (χ4n) is 8.57. The van der Waals surface area contributed by atoms with Crippen LogP contribution in [0.1, 0.15) is 44.6 Å². The Labute approximate surface area is 259 Å². The maximum atomic E-state index is 14.9. The number of benzene rings is 2. The number of fused-ring (bicyclic) bond motifs is 2. The van der Waals surface area contributed by atoms with Gasteiger partial charge in [0.25, 0.3) is 0 Å². The zero-order valence-electron chi connectivity index (χ0n) is 25.3. The SMILES string of the molecule is C[C@]12C=CCN(c3ccccc3)C(=O)[C@H]1[C@H]1C(=O)N([C@@H](CO)Cc3ccccc3)C3C(=O)N(C4CCCCC4)CC=C[C@@]31O2. The van der Waals surface area contributed by atoms with Gasteiger partial charge in [-0.2, -0.15) is 0 Å². The van der Waals surface area contributed by atoms with Gasteiger partial charge in [-0.1, -0.05) is 92.1 Å². The number of carbonyl (C=O) groups is 3. The number of anilines is 1. The number of rotatable bonds is 6. The summed E-state index contributed by atoms with van der Waals surface area (Å²) >= 11 is 0. The molecule has 8 nitrogen and oxygen atoms in total. The van der Waals surface area contributed by atoms with Crippen LogP contribution in [-0.2, 0) is 25.5 Å². The summed E-state index contributed by atoms with van der Waals surface area (Å²) in [5.74, 6) is -2.43. The first-order valence-corrected chi connectivity index (χ1v) is 16.1. The van der Waals surface area contributed by atoms with E-state index in [-0.39, 0.29) is 30.4 Å². The van der Waals surface area contributed by atoms with E-state index in [1.54, 1.807) is 9.80 Å². The molecule has 7 rings (SSSR count). The highest BCUT2D eigenvalue weighted by molar-refractivity contribution is 6.04. The van der Waals surface area contributed by atoms with E-state index in [9.17, 15) is 19.5 Å². The standard InChI is InChI=1S/C36H41N3O5/c1-35-19-11-21-37(26-15-7-3-8-16-26)32(41)29(35)30-33(42)39(28(24-40)23-25-13-5-2-6-14-25)31-34(43)38(27-17-9-4-10-18-27)22-12-20-36(30,31)44-35/h2-3,5-8,11-16,19-20,27-31,40H,4,9-10,17-18,21-24H2,1H3/t28-,29-,30+,31?,35+,36+/m1/s1. The van der Waals surface area contributed by atoms with Gasteiger partial charge in [0.1, 0.15) is 11.6 Å². The second kappa shape index (κ2) is 11.3. The molecule has 6 atom stereocenters. The van der Waals surface area contributed by atoms with Gasteiger partial charge in [0.2, 0.25) is 17.7 Å². The first-order valence-electron chi connectivity index (χ1n) is 16.1. The van der Waals surface area contributed by atoms with Gasteiger partial charge in [0.05, 0.1) is 30.1 Å². The lowest BCUT2D eigenvalue weighted by atomic mass is 9.74. The van der Waals surface area contributed by atoms with E-state index in [1.165, 1.54) is 0 Å². The molecule has 0 aromatic heterocycles. The summed E-state index contributed by atoms with van der Waals surface area (Å²) in [7, 11) is 0. The van der Waals surface area contributed by atoms with E-state index < -0.39 is 35.1 Å². The maximum absolute atomic E-state index is 14.9. The fourth-order valence-corrected chi connectivity index (χ4v) is 8.57. The Hall–Kier alpha value is -3.75. The Kier molecular flexibility index (Phi) is 7.45. The molecule has 2 aromatic carbocycles. The van der Waals surface area contributed by atoms with Crippen molar-refractivity contribution < 1.29 is 24.2 Å². The van der Waals surface area contributed by atoms with E-state index in [0.717, 1.165) is 43.4 Å². The molecule has 4 aliphatic heterocycles. The average Bonchev–Trinajstić information content (AvgIpc) is 3.32. The quantitative estimate of drug-likeness (QED) is 0.512. The molecule has 5 aliphatic rings. The summed E-state index contributed by atoms with van der Waals surface area (Å²) < 4.78 is 7.02. The molecule has 2 saturated heterocycles. The predicted octanol–water partition coefficient (Wildman–Crippen LogP) is 3.90. The van der Waals surface area contributed by atoms with Crippen molar-refractivity contribution in [1.82, 2.24) is 9.80 Å². The number of hydrogen-bond acceptors (Lipinski definition) is 5. The van der Waals surface area contributed by atoms with E-state index in [4.69, 9.17) is 4.74 Å². The van der Waals surface area contributed by atoms with E-state index in [1.807, 2.05) is 96.8 Å². The minimum absolute atomic E-state index is 0.0892. The van der Waals surface area contributed by atoms with Crippen LogP contribution in [0.4, 0.5) is 5.69 Å². The Bertz CT molecular complexity index is 1470. The van der Waals surface area contributed by atoms with E-state index in [0.29, 0.717) is 19.5 Å². The molecular formula is C36H41N3O5. The summed E-state index contributed by atoms with van der Waals surface area (Å²) in [5, 5.41) is 10.8. The first kappa shape index (κ1) is 29.0. The zero-order valence-corrected chi connectivity index (χ0v) is 25.3. The summed E-state index contributed by atoms with van der Waals surface area (Å²) in [6.45, 7) is 2.35. The lowest BCUT2D eigenvalue weighted by molar-refractivity contribution is -0.156. The average molecular weight is 596 g/mol. The summed E-state index contributed by atoms with van der Waals surface area (Å²) in [5.41, 5.74) is -0.731. The molecule has 44 heavy (non-hydrogen) atoms. The molecule has 8 heteroatoms. The van der Waals surface area contributed by atoms with Gasteiger partial charge in [0.15, 0.2) is 0 Å². The molecule has 4 heterocycles. The smallest absolute Gasteiger partial charge is 0.249 e. The molecule has 1 N–H and O–H groups in total. The number of para-hydroxylation sites is 1. The number of nitrogens with zero attached hydrogens (tertiary/aromatic N) is 3. The maximum Gasteiger partial charge on any atom is 0.249 e. The number of hydrogen-bond donors (Lipinski definition) is 1. The first-order chi connectivity index (χ1) is 21.4. The highest BCUT2D eigenvalue weighted by Crippen LogP contribution is 2.58. The van der Waals surface area contributed by atoms with Crippen molar-refractivity contribution in [3.8, 4) is 0 Å². The molecule has 0 radical (unpaired) electrons. The molecule has 230 valence electrons. The van der Waals surface area contributed by atoms with Crippen LogP contribution in [0.25, 0.3) is 0 Å². The molecule has 1 unspecified atom stereocenters. The third-order valence-corrected chi connectivity index (χ3v) is 10.5. The Morgan fingerprint density at radius 3 is 2.23 bits per heavy atom. The van der Waals surface area contributed by atoms with Crippen molar-refractivity contribution in [1.29, 1.82) is 0 Å². The van der Waals surface area contributed by atoms with Crippen LogP contribution < -0.4 is 4.90 Å². The largest absolute Gasteiger partial charge is 0.394 e. The lowest BCUT2D eigenvalue weighted by Gasteiger charge is -2.42. The molecule has 3 fully saturated rings. The highest BCUT2D eigenvalue weighted by atomic mass is 16.5. The van der Waals surface area contributed by atoms with Crippen molar-refractivity contribution in [2.45, 2.75) is 74.8 Å². The monoisotopic (exact) mass is 595 g/mol. The summed E-state index contributed by atoms with van der Waals surface area (Å²) in [4.78, 5) is 49.6. The molecule has 0 bridgehead atoms. The van der Waals surface area contributed by atoms with Crippen LogP contribution in [0.3, 0.4) is 0 Å². The third-order valence-electron chi connectivity index (χ3n) is 10.5. The molecule has 3 amide bonds. The van der Waals surface area contributed by atoms with Crippen LogP contribution in [0.2, 0.25) is 0 Å². The van der Waals surface area contributed by atoms with Crippen molar-refractivity contribution in [3.05, 3.63) is 90.5 Å². The number of likely N-dealkylation sites (tertiary alicyclic amines) is 1. The van der Waals surface area contributed by atoms with Gasteiger partial charge in [0, 0.05) is 24.8 Å². The van der Waals surface area contributed by atoms with Crippen molar-refractivity contribution in [2.24, 2.45) is 11.8 Å². The number of aliphatic hydroxyl groups is 1. The molecule has 2 aromatic rings. The highest BCUT2D eigenvalue weighted by Gasteiger charge is 2.75. The van der Waals surface area contributed by atoms with Crippen molar-refractivity contribution >= 4 is 23.4 Å². The Morgan fingerprint density at radius 2 is 1.52 bits per heavy atom. The number of amides is 3. The predicted molar refractivity (Wildman–Crippen MR) is 167 cm³/mol. The molecule has 1 saturated carbocycles. The second-order valence-corrected chi connectivity index (χ2v) is 13.1. The number of aliphatic hydroxyl groups excluding tert-OH is 1. The van der Waals surface area contributed by atoms with Gasteiger partial charge in [-0.3, -0.25) is 14.4 Å². The van der Waals surface area contributed by atoms with Crippen LogP contribution in [0.5, 0.6) is 0 Å². The Balaban J connectivity index is 1.34. The number of ether oxygens (including phenoxy) is 1. The van der Waals surface area contributed by atoms with Crippen molar-refractivity contribution in [3.63, 3.8) is 0 Å². The van der Waals surface area contributed by atoms with Gasteiger partial charge >= 0.3 is 0 Å². The summed E-state index contributed by atoms with van der Waals surface area (Å²) in [6.07, 6.45) is 13.3. The van der Waals surface area contributed by atoms with Gasteiger partial charge in [-0.15, -0.1) is 0 Å². The second-order valence-electron chi connectivity index (χ2n) is 13.1. The molecule has 1 aliphatic carbocycles. The van der Waals surface area contributed by atoms with Crippen LogP contribution in [0, 0.1) is 11.8 Å². The van der Waals surface area contributed by atoms with E-state index >= 15 is 0 Å².